The number of ether oxygens (including phenoxy) is 2. The van der Waals surface area contributed by atoms with E-state index in [0.717, 1.165) is 0 Å². The molecule has 0 spiro atoms. The Morgan fingerprint density at radius 3 is 2.60 bits per heavy atom. The Morgan fingerprint density at radius 1 is 1.00 bits per heavy atom. The van der Waals surface area contributed by atoms with Crippen molar-refractivity contribution in [3.8, 4) is 0 Å². The van der Waals surface area contributed by atoms with E-state index in [2.05, 4.69) is 37.4 Å². The van der Waals surface area contributed by atoms with E-state index in [1.165, 1.54) is 28.0 Å². The average Bonchev–Trinajstić information content (AvgIpc) is 3.72. The number of H-pyrrole nitrogens is 1. The number of rotatable bonds is 2. The highest BCUT2D eigenvalue weighted by molar-refractivity contribution is 8.44. The third kappa shape index (κ3) is 5.39. The molecule has 0 radical (unpaired) electrons. The van der Waals surface area contributed by atoms with E-state index < -0.39 is 81.4 Å². The second-order valence-corrected chi connectivity index (χ2v) is 15.5. The number of aromatic nitrogens is 7. The van der Waals surface area contributed by atoms with Crippen molar-refractivity contribution in [1.82, 2.24) is 34.3 Å². The summed E-state index contributed by atoms with van der Waals surface area (Å²) in [4.78, 5) is 35.7. The van der Waals surface area contributed by atoms with Crippen molar-refractivity contribution >= 4 is 59.8 Å². The first-order valence-corrected chi connectivity index (χ1v) is 18.0. The molecule has 3 aliphatic heterocycles. The van der Waals surface area contributed by atoms with Crippen molar-refractivity contribution in [1.29, 1.82) is 0 Å². The highest BCUT2D eigenvalue weighted by Gasteiger charge is 2.52. The lowest BCUT2D eigenvalue weighted by Crippen LogP contribution is -2.36. The lowest BCUT2D eigenvalue weighted by atomic mass is 10.1. The zero-order chi connectivity index (χ0) is 30.1. The molecule has 7 heterocycles. The maximum atomic E-state index is 13.5. The zero-order valence-corrected chi connectivity index (χ0v) is 25.0. The number of hydrogen-bond acceptors (Lipinski definition) is 15. The minimum absolute atomic E-state index is 0.0314. The predicted molar refractivity (Wildman–Crippen MR) is 150 cm³/mol. The SMILES string of the molecule is O=c1[nH]ncc2c1ncn2[C@@H]1O[C@@H]2COP(O)(=S)O[C@H]3[C@@H](O)[C@H](n4cnc5cccnc54)O[C@@H]3COP(=O)(S)O[C@@H]1[C@@H]2O. The summed E-state index contributed by atoms with van der Waals surface area (Å²) in [6.45, 7) is -9.43. The van der Waals surface area contributed by atoms with Crippen LogP contribution in [0.2, 0.25) is 0 Å². The topological polar surface area (TPSA) is 227 Å². The second-order valence-electron chi connectivity index (χ2n) is 9.86. The normalized spacial score (nSPS) is 38.9. The van der Waals surface area contributed by atoms with Crippen LogP contribution < -0.4 is 5.56 Å². The van der Waals surface area contributed by atoms with Crippen molar-refractivity contribution in [2.45, 2.75) is 49.1 Å². The van der Waals surface area contributed by atoms with Crippen LogP contribution in [-0.4, -0.2) is 99.2 Å². The molecule has 43 heavy (non-hydrogen) atoms. The van der Waals surface area contributed by atoms with Crippen molar-refractivity contribution < 1.29 is 47.2 Å². The van der Waals surface area contributed by atoms with Crippen molar-refractivity contribution in [3.63, 3.8) is 0 Å². The van der Waals surface area contributed by atoms with Crippen LogP contribution in [0.5, 0.6) is 0 Å². The molecule has 230 valence electrons. The first-order valence-electron chi connectivity index (χ1n) is 12.7. The van der Waals surface area contributed by atoms with E-state index in [4.69, 9.17) is 39.4 Å². The summed E-state index contributed by atoms with van der Waals surface area (Å²) in [6.07, 6.45) is -4.82. The lowest BCUT2D eigenvalue weighted by Gasteiger charge is -2.27. The fourth-order valence-electron chi connectivity index (χ4n) is 5.25. The molecule has 22 heteroatoms. The van der Waals surface area contributed by atoms with E-state index in [1.54, 1.807) is 18.3 Å². The van der Waals surface area contributed by atoms with E-state index in [0.29, 0.717) is 11.2 Å². The molecule has 2 bridgehead atoms. The van der Waals surface area contributed by atoms with Crippen LogP contribution in [0.25, 0.3) is 22.2 Å². The van der Waals surface area contributed by atoms with Crippen LogP contribution in [0.3, 0.4) is 0 Å². The molecule has 3 saturated heterocycles. The largest absolute Gasteiger partial charge is 0.387 e. The van der Waals surface area contributed by atoms with Gasteiger partial charge in [-0.3, -0.25) is 27.5 Å². The van der Waals surface area contributed by atoms with Gasteiger partial charge in [0.2, 0.25) is 0 Å². The van der Waals surface area contributed by atoms with Gasteiger partial charge in [0.15, 0.2) is 23.6 Å². The Hall–Kier alpha value is -2.16. The summed E-state index contributed by atoms with van der Waals surface area (Å²) in [7, 11) is 0. The third-order valence-electron chi connectivity index (χ3n) is 7.22. The molecular formula is C21H23N7O11P2S2. The van der Waals surface area contributed by atoms with Gasteiger partial charge in [0, 0.05) is 6.20 Å². The minimum atomic E-state index is -4.30. The number of fused-ring (bicyclic) bond motifs is 5. The van der Waals surface area contributed by atoms with Gasteiger partial charge in [-0.25, -0.2) is 24.6 Å². The maximum absolute atomic E-state index is 13.5. The fourth-order valence-corrected chi connectivity index (χ4v) is 8.15. The summed E-state index contributed by atoms with van der Waals surface area (Å²) in [5, 5.41) is 28.4. The first kappa shape index (κ1) is 29.5. The van der Waals surface area contributed by atoms with Crippen molar-refractivity contribution in [2.75, 3.05) is 13.2 Å². The smallest absolute Gasteiger partial charge is 0.386 e. The fraction of sp³-hybridized carbons (Fsp3) is 0.476. The molecular weight excluding hydrogens is 652 g/mol. The Bertz CT molecular complexity index is 1840. The quantitative estimate of drug-likeness (QED) is 0.141. The number of thiol groups is 1. The summed E-state index contributed by atoms with van der Waals surface area (Å²) in [5.41, 5.74) is 0.635. The van der Waals surface area contributed by atoms with E-state index in [1.807, 2.05) is 0 Å². The molecule has 7 rings (SSSR count). The van der Waals surface area contributed by atoms with Gasteiger partial charge >= 0.3 is 13.5 Å². The van der Waals surface area contributed by atoms with E-state index in [9.17, 15) is 24.5 Å². The number of pyridine rings is 1. The van der Waals surface area contributed by atoms with Crippen molar-refractivity contribution in [3.05, 3.63) is 47.5 Å². The van der Waals surface area contributed by atoms with Crippen LogP contribution in [0.4, 0.5) is 0 Å². The molecule has 18 nitrogen and oxygen atoms in total. The van der Waals surface area contributed by atoms with E-state index >= 15 is 0 Å². The Kier molecular flexibility index (Phi) is 7.57. The molecule has 0 aliphatic carbocycles. The zero-order valence-electron chi connectivity index (χ0n) is 21.5. The van der Waals surface area contributed by atoms with Gasteiger partial charge in [-0.05, 0) is 23.9 Å². The van der Waals surface area contributed by atoms with Crippen LogP contribution in [0.15, 0.2) is 42.0 Å². The number of aliphatic hydroxyl groups excluding tert-OH is 2. The molecule has 0 amide bonds. The van der Waals surface area contributed by atoms with Crippen LogP contribution in [0.1, 0.15) is 12.5 Å². The molecule has 4 aromatic rings. The van der Waals surface area contributed by atoms with Crippen molar-refractivity contribution in [2.24, 2.45) is 0 Å². The van der Waals surface area contributed by atoms with Gasteiger partial charge in [-0.15, -0.1) is 0 Å². The molecule has 2 unspecified atom stereocenters. The Balaban J connectivity index is 1.20. The number of aromatic amines is 1. The maximum Gasteiger partial charge on any atom is 0.386 e. The Morgan fingerprint density at radius 2 is 1.77 bits per heavy atom. The highest BCUT2D eigenvalue weighted by atomic mass is 32.7. The number of imidazole rings is 2. The number of nitrogens with zero attached hydrogens (tertiary/aromatic N) is 6. The molecule has 4 aromatic heterocycles. The lowest BCUT2D eigenvalue weighted by molar-refractivity contribution is -0.0587. The first-order chi connectivity index (χ1) is 20.5. The monoisotopic (exact) mass is 675 g/mol. The number of hydrogen-bond donors (Lipinski definition) is 5. The van der Waals surface area contributed by atoms with Crippen LogP contribution in [-0.2, 0) is 43.9 Å². The summed E-state index contributed by atoms with van der Waals surface area (Å²) >= 11 is 9.32. The predicted octanol–water partition coefficient (Wildman–Crippen LogP) is 0.153. The molecule has 3 aliphatic rings. The van der Waals surface area contributed by atoms with Crippen LogP contribution >= 0.6 is 25.8 Å². The van der Waals surface area contributed by atoms with Gasteiger partial charge in [-0.2, -0.15) is 5.10 Å². The molecule has 0 saturated carbocycles. The van der Waals surface area contributed by atoms with Crippen LogP contribution in [0, 0.1) is 0 Å². The molecule has 3 fully saturated rings. The van der Waals surface area contributed by atoms with E-state index in [-0.39, 0.29) is 11.0 Å². The number of nitrogens with one attached hydrogen (secondary N) is 1. The van der Waals surface area contributed by atoms with Gasteiger partial charge in [0.25, 0.3) is 5.56 Å². The number of aliphatic hydroxyl groups is 2. The highest BCUT2D eigenvalue weighted by Crippen LogP contribution is 2.58. The molecule has 0 aromatic carbocycles. The second kappa shape index (κ2) is 11.0. The summed E-state index contributed by atoms with van der Waals surface area (Å²) in [6, 6.07) is 3.42. The minimum Gasteiger partial charge on any atom is -0.387 e. The van der Waals surface area contributed by atoms with Gasteiger partial charge < -0.3 is 29.1 Å². The van der Waals surface area contributed by atoms with Gasteiger partial charge in [0.1, 0.15) is 42.1 Å². The Labute approximate surface area is 250 Å². The summed E-state index contributed by atoms with van der Waals surface area (Å²) in [5.74, 6) is 0. The third-order valence-corrected chi connectivity index (χ3v) is 10.4. The standard InChI is InChI=1S/C21H23N7O11P2S2/c29-14-11-5-34-40(32,42)38-16-12(37-20(15(16)30)28-7-23-9-2-1-3-22-18(9)28)6-35-41(33,43)39-17(14)21(36-11)27-8-24-13-10(27)4-25-26-19(13)31/h1-4,7-8,11-12,14-17,20-21,29-30H,5-6H2,(H,26,31)(H,32,42)(H,33,43)/t11-,12-,14-,15-,16-,17-,20-,21-,40?,41?/m1/s1. The molecule has 10 atom stereocenters. The summed E-state index contributed by atoms with van der Waals surface area (Å²) < 4.78 is 50.8. The van der Waals surface area contributed by atoms with Gasteiger partial charge in [-0.1, -0.05) is 12.2 Å². The molecule has 4 N–H and O–H groups in total. The van der Waals surface area contributed by atoms with Gasteiger partial charge in [0.05, 0.1) is 37.6 Å². The average molecular weight is 676 g/mol.